The number of hydrogen-bond donors (Lipinski definition) is 2. The molecule has 0 saturated carbocycles. The summed E-state index contributed by atoms with van der Waals surface area (Å²) in [5, 5.41) is 9.77. The molecule has 2 N–H and O–H groups in total. The van der Waals surface area contributed by atoms with Crippen molar-refractivity contribution in [2.24, 2.45) is 0 Å². The number of nitrogens with zero attached hydrogens (tertiary/aromatic N) is 3. The van der Waals surface area contributed by atoms with Crippen LogP contribution in [0.2, 0.25) is 0 Å². The van der Waals surface area contributed by atoms with Gasteiger partial charge in [0.05, 0.1) is 6.04 Å². The molecule has 2 heterocycles. The van der Waals surface area contributed by atoms with Gasteiger partial charge in [-0.1, -0.05) is 29.4 Å². The topological polar surface area (TPSA) is 100 Å². The van der Waals surface area contributed by atoms with Gasteiger partial charge >= 0.3 is 6.03 Å². The number of nitrogens with one attached hydrogen (secondary N) is 2. The van der Waals surface area contributed by atoms with Gasteiger partial charge in [-0.15, -0.1) is 0 Å². The molecule has 1 unspecified atom stereocenters. The van der Waals surface area contributed by atoms with Crippen LogP contribution in [0.15, 0.2) is 28.8 Å². The SMILES string of the molecule is CCNC(=O)N1CCCC1c1noc(CCC(=O)NCc2ccccc2C)n1. The molecular formula is C20H27N5O3. The second-order valence-electron chi connectivity index (χ2n) is 6.94. The number of hydrogen-bond acceptors (Lipinski definition) is 5. The number of rotatable bonds is 7. The monoisotopic (exact) mass is 385 g/mol. The van der Waals surface area contributed by atoms with E-state index >= 15 is 0 Å². The van der Waals surface area contributed by atoms with Gasteiger partial charge in [-0.05, 0) is 37.8 Å². The van der Waals surface area contributed by atoms with Crippen LogP contribution < -0.4 is 10.6 Å². The van der Waals surface area contributed by atoms with Crippen LogP contribution in [0, 0.1) is 6.92 Å². The predicted octanol–water partition coefficient (Wildman–Crippen LogP) is 2.49. The number of amides is 3. The molecule has 1 fully saturated rings. The van der Waals surface area contributed by atoms with Crippen molar-refractivity contribution in [3.8, 4) is 0 Å². The number of likely N-dealkylation sites (tertiary alicyclic amines) is 1. The smallest absolute Gasteiger partial charge is 0.318 e. The molecule has 3 amide bonds. The van der Waals surface area contributed by atoms with Crippen molar-refractivity contribution in [2.75, 3.05) is 13.1 Å². The van der Waals surface area contributed by atoms with Crippen molar-refractivity contribution in [1.29, 1.82) is 0 Å². The van der Waals surface area contributed by atoms with Crippen LogP contribution in [0.3, 0.4) is 0 Å². The number of urea groups is 1. The molecule has 28 heavy (non-hydrogen) atoms. The summed E-state index contributed by atoms with van der Waals surface area (Å²) in [5.74, 6) is 0.871. The van der Waals surface area contributed by atoms with Crippen LogP contribution in [0.25, 0.3) is 0 Å². The number of carbonyl (C=O) groups is 2. The standard InChI is InChI=1S/C20H27N5O3/c1-3-21-20(27)25-12-6-9-16(25)19-23-18(28-24-19)11-10-17(26)22-13-15-8-5-4-7-14(15)2/h4-5,7-8,16H,3,6,9-13H2,1-2H3,(H,21,27)(H,22,26). The lowest BCUT2D eigenvalue weighted by atomic mass is 10.1. The molecular weight excluding hydrogens is 358 g/mol. The first-order chi connectivity index (χ1) is 13.6. The maximum atomic E-state index is 12.1. The van der Waals surface area contributed by atoms with Crippen LogP contribution in [0.1, 0.15) is 55.1 Å². The van der Waals surface area contributed by atoms with E-state index < -0.39 is 0 Å². The van der Waals surface area contributed by atoms with Gasteiger partial charge in [0, 0.05) is 32.5 Å². The molecule has 1 aromatic heterocycles. The lowest BCUT2D eigenvalue weighted by Gasteiger charge is -2.22. The van der Waals surface area contributed by atoms with Gasteiger partial charge < -0.3 is 20.1 Å². The summed E-state index contributed by atoms with van der Waals surface area (Å²) in [6.07, 6.45) is 2.37. The van der Waals surface area contributed by atoms with Crippen molar-refractivity contribution in [3.05, 3.63) is 47.1 Å². The first kappa shape index (κ1) is 19.9. The van der Waals surface area contributed by atoms with Crippen LogP contribution in [-0.4, -0.2) is 40.1 Å². The molecule has 1 saturated heterocycles. The molecule has 1 atom stereocenters. The zero-order valence-corrected chi connectivity index (χ0v) is 16.4. The molecule has 1 aliphatic rings. The lowest BCUT2D eigenvalue weighted by Crippen LogP contribution is -2.39. The van der Waals surface area contributed by atoms with Gasteiger partial charge in [0.2, 0.25) is 11.8 Å². The number of carbonyl (C=O) groups excluding carboxylic acids is 2. The van der Waals surface area contributed by atoms with Crippen molar-refractivity contribution in [2.45, 2.75) is 52.1 Å². The van der Waals surface area contributed by atoms with E-state index in [0.717, 1.165) is 24.0 Å². The molecule has 1 aliphatic heterocycles. The summed E-state index contributed by atoms with van der Waals surface area (Å²) in [5.41, 5.74) is 2.25. The third kappa shape index (κ3) is 4.88. The van der Waals surface area contributed by atoms with E-state index in [2.05, 4.69) is 20.8 Å². The summed E-state index contributed by atoms with van der Waals surface area (Å²) < 4.78 is 5.30. The van der Waals surface area contributed by atoms with Gasteiger partial charge in [-0.2, -0.15) is 4.98 Å². The van der Waals surface area contributed by atoms with E-state index in [9.17, 15) is 9.59 Å². The van der Waals surface area contributed by atoms with Gasteiger partial charge in [0.15, 0.2) is 5.82 Å². The highest BCUT2D eigenvalue weighted by atomic mass is 16.5. The third-order valence-corrected chi connectivity index (χ3v) is 4.93. The Morgan fingerprint density at radius 3 is 2.89 bits per heavy atom. The molecule has 1 aromatic carbocycles. The average molecular weight is 385 g/mol. The van der Waals surface area contributed by atoms with E-state index in [1.165, 1.54) is 0 Å². The zero-order valence-electron chi connectivity index (χ0n) is 16.4. The first-order valence-corrected chi connectivity index (χ1v) is 9.76. The molecule has 8 nitrogen and oxygen atoms in total. The Hall–Kier alpha value is -2.90. The average Bonchev–Trinajstić information content (AvgIpc) is 3.35. The maximum absolute atomic E-state index is 12.1. The molecule has 2 aromatic rings. The highest BCUT2D eigenvalue weighted by Gasteiger charge is 2.33. The summed E-state index contributed by atoms with van der Waals surface area (Å²) in [6, 6.07) is 7.69. The Bertz CT molecular complexity index is 820. The molecule has 150 valence electrons. The molecule has 0 radical (unpaired) electrons. The van der Waals surface area contributed by atoms with Gasteiger partial charge in [0.25, 0.3) is 0 Å². The van der Waals surface area contributed by atoms with Crippen LogP contribution >= 0.6 is 0 Å². The van der Waals surface area contributed by atoms with E-state index in [0.29, 0.717) is 37.8 Å². The molecule has 8 heteroatoms. The quantitative estimate of drug-likeness (QED) is 0.763. The highest BCUT2D eigenvalue weighted by molar-refractivity contribution is 5.76. The zero-order chi connectivity index (χ0) is 19.9. The predicted molar refractivity (Wildman–Crippen MR) is 103 cm³/mol. The van der Waals surface area contributed by atoms with E-state index in [1.54, 1.807) is 4.90 Å². The van der Waals surface area contributed by atoms with Crippen molar-refractivity contribution in [3.63, 3.8) is 0 Å². The molecule has 0 spiro atoms. The minimum absolute atomic E-state index is 0.0622. The fraction of sp³-hybridized carbons (Fsp3) is 0.500. The Balaban J connectivity index is 1.50. The Labute approximate surface area is 164 Å². The minimum atomic E-state index is -0.168. The summed E-state index contributed by atoms with van der Waals surface area (Å²) >= 11 is 0. The van der Waals surface area contributed by atoms with Crippen molar-refractivity contribution in [1.82, 2.24) is 25.7 Å². The first-order valence-electron chi connectivity index (χ1n) is 9.76. The second kappa shape index (κ2) is 9.34. The van der Waals surface area contributed by atoms with Crippen LogP contribution in [0.4, 0.5) is 4.79 Å². The highest BCUT2D eigenvalue weighted by Crippen LogP contribution is 2.30. The van der Waals surface area contributed by atoms with Crippen molar-refractivity contribution < 1.29 is 14.1 Å². The maximum Gasteiger partial charge on any atom is 0.318 e. The fourth-order valence-electron chi connectivity index (χ4n) is 3.35. The number of aromatic nitrogens is 2. The summed E-state index contributed by atoms with van der Waals surface area (Å²) in [4.78, 5) is 30.4. The van der Waals surface area contributed by atoms with Gasteiger partial charge in [0.1, 0.15) is 0 Å². The fourth-order valence-corrected chi connectivity index (χ4v) is 3.35. The minimum Gasteiger partial charge on any atom is -0.352 e. The van der Waals surface area contributed by atoms with Gasteiger partial charge in [-0.25, -0.2) is 4.79 Å². The van der Waals surface area contributed by atoms with E-state index in [-0.39, 0.29) is 24.4 Å². The third-order valence-electron chi connectivity index (χ3n) is 4.93. The molecule has 0 aliphatic carbocycles. The van der Waals surface area contributed by atoms with Crippen LogP contribution in [-0.2, 0) is 17.8 Å². The second-order valence-corrected chi connectivity index (χ2v) is 6.94. The molecule has 3 rings (SSSR count). The van der Waals surface area contributed by atoms with E-state index in [4.69, 9.17) is 4.52 Å². The van der Waals surface area contributed by atoms with Crippen LogP contribution in [0.5, 0.6) is 0 Å². The molecule has 0 bridgehead atoms. The van der Waals surface area contributed by atoms with E-state index in [1.807, 2.05) is 38.1 Å². The lowest BCUT2D eigenvalue weighted by molar-refractivity contribution is -0.121. The van der Waals surface area contributed by atoms with Gasteiger partial charge in [-0.3, -0.25) is 4.79 Å². The Morgan fingerprint density at radius 1 is 1.29 bits per heavy atom. The Kier molecular flexibility index (Phi) is 6.62. The summed E-state index contributed by atoms with van der Waals surface area (Å²) in [6.45, 7) is 5.68. The number of aryl methyl sites for hydroxylation is 2. The van der Waals surface area contributed by atoms with Crippen molar-refractivity contribution >= 4 is 11.9 Å². The Morgan fingerprint density at radius 2 is 2.11 bits per heavy atom. The largest absolute Gasteiger partial charge is 0.352 e. The number of benzene rings is 1. The summed E-state index contributed by atoms with van der Waals surface area (Å²) in [7, 11) is 0. The normalized spacial score (nSPS) is 16.2.